The predicted octanol–water partition coefficient (Wildman–Crippen LogP) is 4.92. The Morgan fingerprint density at radius 3 is 2.53 bits per heavy atom. The van der Waals surface area contributed by atoms with Gasteiger partial charge in [-0.25, -0.2) is 8.42 Å². The molecule has 0 aliphatic heterocycles. The number of ether oxygens (including phenoxy) is 1. The molecule has 30 heavy (non-hydrogen) atoms. The summed E-state index contributed by atoms with van der Waals surface area (Å²) in [4.78, 5) is 16.6. The molecule has 7 heteroatoms. The highest BCUT2D eigenvalue weighted by atomic mass is 35.5. The molecule has 2 aromatic carbocycles. The fraction of sp³-hybridized carbons (Fsp3) is 0.217. The van der Waals surface area contributed by atoms with Crippen LogP contribution in [0.3, 0.4) is 0 Å². The Bertz CT molecular complexity index is 1110. The first kappa shape index (κ1) is 22.0. The molecule has 0 N–H and O–H groups in total. The molecule has 0 atom stereocenters. The lowest BCUT2D eigenvalue weighted by Gasteiger charge is -2.10. The second-order valence-corrected chi connectivity index (χ2v) is 9.30. The summed E-state index contributed by atoms with van der Waals surface area (Å²) in [5, 5.41) is 0.438. The second kappa shape index (κ2) is 9.87. The first-order valence-electron chi connectivity index (χ1n) is 9.46. The van der Waals surface area contributed by atoms with Crippen LogP contribution in [0.2, 0.25) is 5.02 Å². The molecule has 0 unspecified atom stereocenters. The van der Waals surface area contributed by atoms with Crippen molar-refractivity contribution in [2.24, 2.45) is 0 Å². The standard InChI is InChI=1S/C23H22ClNO4S/c1-29-23-12-9-20(24)14-19(23)16-30(27,28)21-10-7-18(8-11-21)22(26)6-2-4-17-5-3-13-25-15-17/h3,5,7-15H,2,4,6,16H2,1H3. The van der Waals surface area contributed by atoms with Crippen LogP contribution in [0.4, 0.5) is 0 Å². The smallest absolute Gasteiger partial charge is 0.182 e. The van der Waals surface area contributed by atoms with Gasteiger partial charge in [0, 0.05) is 35.0 Å². The Kier molecular flexibility index (Phi) is 7.24. The minimum atomic E-state index is -3.62. The Labute approximate surface area is 181 Å². The van der Waals surface area contributed by atoms with E-state index in [9.17, 15) is 13.2 Å². The summed E-state index contributed by atoms with van der Waals surface area (Å²) in [7, 11) is -2.13. The molecule has 0 aliphatic carbocycles. The Morgan fingerprint density at radius 1 is 1.10 bits per heavy atom. The van der Waals surface area contributed by atoms with Crippen molar-refractivity contribution in [3.63, 3.8) is 0 Å². The van der Waals surface area contributed by atoms with Crippen LogP contribution < -0.4 is 4.74 Å². The van der Waals surface area contributed by atoms with E-state index in [-0.39, 0.29) is 16.4 Å². The number of hydrogen-bond donors (Lipinski definition) is 0. The van der Waals surface area contributed by atoms with Gasteiger partial charge in [-0.3, -0.25) is 9.78 Å². The van der Waals surface area contributed by atoms with Gasteiger partial charge < -0.3 is 4.74 Å². The Hall–Kier alpha value is -2.70. The average molecular weight is 444 g/mol. The van der Waals surface area contributed by atoms with Crippen LogP contribution >= 0.6 is 11.6 Å². The number of methoxy groups -OCH3 is 1. The molecule has 3 rings (SSSR count). The summed E-state index contributed by atoms with van der Waals surface area (Å²) in [5.74, 6) is 0.206. The van der Waals surface area contributed by atoms with Gasteiger partial charge in [-0.05, 0) is 54.8 Å². The zero-order chi connectivity index (χ0) is 21.6. The molecule has 156 valence electrons. The monoisotopic (exact) mass is 443 g/mol. The van der Waals surface area contributed by atoms with E-state index in [0.717, 1.165) is 12.0 Å². The Balaban J connectivity index is 1.65. The van der Waals surface area contributed by atoms with Gasteiger partial charge in [-0.2, -0.15) is 0 Å². The number of benzene rings is 2. The molecule has 0 saturated heterocycles. The number of aromatic nitrogens is 1. The quantitative estimate of drug-likeness (QED) is 0.439. The number of carbonyl (C=O) groups is 1. The maximum atomic E-state index is 12.8. The van der Waals surface area contributed by atoms with Crippen molar-refractivity contribution in [1.29, 1.82) is 0 Å². The van der Waals surface area contributed by atoms with Crippen LogP contribution in [0.15, 0.2) is 71.9 Å². The highest BCUT2D eigenvalue weighted by Gasteiger charge is 2.19. The van der Waals surface area contributed by atoms with E-state index in [1.54, 1.807) is 42.7 Å². The summed E-state index contributed by atoms with van der Waals surface area (Å²) in [6.45, 7) is 0. The van der Waals surface area contributed by atoms with Crippen LogP contribution in [0.1, 0.15) is 34.3 Å². The van der Waals surface area contributed by atoms with Crippen molar-refractivity contribution in [2.45, 2.75) is 29.9 Å². The first-order valence-corrected chi connectivity index (χ1v) is 11.5. The third-order valence-corrected chi connectivity index (χ3v) is 6.63. The van der Waals surface area contributed by atoms with E-state index in [4.69, 9.17) is 16.3 Å². The van der Waals surface area contributed by atoms with Gasteiger partial charge in [-0.15, -0.1) is 0 Å². The van der Waals surface area contributed by atoms with Crippen molar-refractivity contribution >= 4 is 27.2 Å². The fourth-order valence-corrected chi connectivity index (χ4v) is 4.69. The maximum Gasteiger partial charge on any atom is 0.182 e. The second-order valence-electron chi connectivity index (χ2n) is 6.88. The minimum absolute atomic E-state index is 0.0145. The van der Waals surface area contributed by atoms with Gasteiger partial charge >= 0.3 is 0 Å². The molecule has 0 amide bonds. The van der Waals surface area contributed by atoms with Crippen LogP contribution in [-0.2, 0) is 22.0 Å². The lowest BCUT2D eigenvalue weighted by Crippen LogP contribution is -2.07. The SMILES string of the molecule is COc1ccc(Cl)cc1CS(=O)(=O)c1ccc(C(=O)CCCc2cccnc2)cc1. The summed E-state index contributed by atoms with van der Waals surface area (Å²) in [5.41, 5.74) is 2.07. The van der Waals surface area contributed by atoms with Crippen molar-refractivity contribution in [3.8, 4) is 5.75 Å². The number of carbonyl (C=O) groups excluding carboxylic acids is 1. The number of hydrogen-bond acceptors (Lipinski definition) is 5. The lowest BCUT2D eigenvalue weighted by molar-refractivity contribution is 0.0980. The predicted molar refractivity (Wildman–Crippen MR) is 117 cm³/mol. The zero-order valence-electron chi connectivity index (χ0n) is 16.5. The van der Waals surface area contributed by atoms with Gasteiger partial charge in [0.1, 0.15) is 5.75 Å². The molecule has 1 aromatic heterocycles. The molecular formula is C23H22ClNO4S. The van der Waals surface area contributed by atoms with E-state index in [0.29, 0.717) is 34.7 Å². The summed E-state index contributed by atoms with van der Waals surface area (Å²) < 4.78 is 30.8. The molecule has 0 saturated carbocycles. The molecule has 0 bridgehead atoms. The van der Waals surface area contributed by atoms with E-state index >= 15 is 0 Å². The number of sulfone groups is 1. The van der Waals surface area contributed by atoms with E-state index < -0.39 is 9.84 Å². The zero-order valence-corrected chi connectivity index (χ0v) is 18.1. The van der Waals surface area contributed by atoms with Crippen molar-refractivity contribution in [3.05, 3.63) is 88.7 Å². The maximum absolute atomic E-state index is 12.8. The largest absolute Gasteiger partial charge is 0.496 e. The van der Waals surface area contributed by atoms with E-state index in [2.05, 4.69) is 4.98 Å². The molecule has 3 aromatic rings. The Morgan fingerprint density at radius 2 is 1.87 bits per heavy atom. The average Bonchev–Trinajstić information content (AvgIpc) is 2.74. The molecule has 0 radical (unpaired) electrons. The van der Waals surface area contributed by atoms with Crippen molar-refractivity contribution in [2.75, 3.05) is 7.11 Å². The van der Waals surface area contributed by atoms with Crippen LogP contribution in [0, 0.1) is 0 Å². The molecule has 0 aliphatic rings. The first-order chi connectivity index (χ1) is 14.4. The highest BCUT2D eigenvalue weighted by Crippen LogP contribution is 2.27. The fourth-order valence-electron chi connectivity index (χ4n) is 3.14. The molecular weight excluding hydrogens is 422 g/mol. The van der Waals surface area contributed by atoms with E-state index in [1.165, 1.54) is 19.2 Å². The van der Waals surface area contributed by atoms with Crippen LogP contribution in [0.5, 0.6) is 5.75 Å². The van der Waals surface area contributed by atoms with Crippen molar-refractivity contribution in [1.82, 2.24) is 4.98 Å². The molecule has 5 nitrogen and oxygen atoms in total. The van der Waals surface area contributed by atoms with Gasteiger partial charge in [0.25, 0.3) is 0 Å². The number of Topliss-reactive ketones (excluding diaryl/α,β-unsaturated/α-hetero) is 1. The number of halogens is 1. The van der Waals surface area contributed by atoms with E-state index in [1.807, 2.05) is 12.1 Å². The van der Waals surface area contributed by atoms with Gasteiger partial charge in [0.05, 0.1) is 17.8 Å². The van der Waals surface area contributed by atoms with Gasteiger partial charge in [-0.1, -0.05) is 29.8 Å². The summed E-state index contributed by atoms with van der Waals surface area (Å²) in [6.07, 6.45) is 5.37. The van der Waals surface area contributed by atoms with Crippen molar-refractivity contribution < 1.29 is 17.9 Å². The molecule has 1 heterocycles. The lowest BCUT2D eigenvalue weighted by atomic mass is 10.0. The van der Waals surface area contributed by atoms with Crippen LogP contribution in [0.25, 0.3) is 0 Å². The summed E-state index contributed by atoms with van der Waals surface area (Å²) >= 11 is 5.99. The topological polar surface area (TPSA) is 73.3 Å². The number of rotatable bonds is 9. The third kappa shape index (κ3) is 5.68. The third-order valence-electron chi connectivity index (χ3n) is 4.72. The molecule has 0 spiro atoms. The van der Waals surface area contributed by atoms with Crippen LogP contribution in [-0.4, -0.2) is 26.3 Å². The highest BCUT2D eigenvalue weighted by molar-refractivity contribution is 7.90. The number of pyridine rings is 1. The summed E-state index contributed by atoms with van der Waals surface area (Å²) in [6, 6.07) is 14.8. The van der Waals surface area contributed by atoms with Gasteiger partial charge in [0.2, 0.25) is 0 Å². The number of ketones is 1. The molecule has 0 fully saturated rings. The number of aryl methyl sites for hydroxylation is 1. The normalized spacial score (nSPS) is 11.3. The van der Waals surface area contributed by atoms with Gasteiger partial charge in [0.15, 0.2) is 15.6 Å². The minimum Gasteiger partial charge on any atom is -0.496 e. The number of nitrogens with zero attached hydrogens (tertiary/aromatic N) is 1.